The summed E-state index contributed by atoms with van der Waals surface area (Å²) in [6, 6.07) is 3.34. The van der Waals surface area contributed by atoms with Crippen LogP contribution in [0, 0.1) is 5.82 Å². The van der Waals surface area contributed by atoms with E-state index in [0.29, 0.717) is 0 Å². The van der Waals surface area contributed by atoms with Gasteiger partial charge in [0.05, 0.1) is 0 Å². The molecule has 72 valence electrons. The van der Waals surface area contributed by atoms with E-state index in [0.717, 1.165) is 12.1 Å². The van der Waals surface area contributed by atoms with Crippen molar-refractivity contribution < 1.29 is 13.2 Å². The molecule has 0 fully saturated rings. The summed E-state index contributed by atoms with van der Waals surface area (Å²) in [5.41, 5.74) is 0.118. The molecule has 0 aliphatic heterocycles. The average molecular weight is 189 g/mol. The Hall–Kier alpha value is -1.03. The molecule has 0 spiro atoms. The van der Waals surface area contributed by atoms with E-state index < -0.39 is 12.2 Å². The van der Waals surface area contributed by atoms with Crippen molar-refractivity contribution >= 4 is 0 Å². The Labute approximate surface area is 74.6 Å². The van der Waals surface area contributed by atoms with Crippen LogP contribution in [-0.4, -0.2) is 7.05 Å². The Balaban J connectivity index is 2.97. The maximum atomic E-state index is 12.9. The Kier molecular flexibility index (Phi) is 3.31. The second kappa shape index (κ2) is 4.28. The second-order valence-corrected chi connectivity index (χ2v) is 2.68. The van der Waals surface area contributed by atoms with E-state index in [1.807, 2.05) is 0 Å². The van der Waals surface area contributed by atoms with Crippen LogP contribution >= 0.6 is 0 Å². The lowest BCUT2D eigenvalue weighted by Crippen LogP contribution is -2.07. The SMILES string of the molecule is CNCc1cc(C(F)F)ccc1F. The van der Waals surface area contributed by atoms with Gasteiger partial charge in [0.15, 0.2) is 0 Å². The average Bonchev–Trinajstić information content (AvgIpc) is 2.08. The zero-order chi connectivity index (χ0) is 9.84. The summed E-state index contributed by atoms with van der Waals surface area (Å²) in [5, 5.41) is 2.71. The molecule has 0 aliphatic carbocycles. The fraction of sp³-hybridized carbons (Fsp3) is 0.333. The minimum absolute atomic E-state index is 0.147. The maximum Gasteiger partial charge on any atom is 0.263 e. The molecule has 13 heavy (non-hydrogen) atoms. The summed E-state index contributed by atoms with van der Waals surface area (Å²) in [4.78, 5) is 0. The van der Waals surface area contributed by atoms with Crippen LogP contribution in [0.1, 0.15) is 17.6 Å². The first-order valence-electron chi connectivity index (χ1n) is 3.86. The predicted molar refractivity (Wildman–Crippen MR) is 44.1 cm³/mol. The summed E-state index contributed by atoms with van der Waals surface area (Å²) < 4.78 is 37.3. The number of rotatable bonds is 3. The molecule has 0 atom stereocenters. The van der Waals surface area contributed by atoms with Gasteiger partial charge in [0.2, 0.25) is 0 Å². The molecule has 1 aromatic rings. The van der Waals surface area contributed by atoms with Gasteiger partial charge >= 0.3 is 0 Å². The first kappa shape index (κ1) is 10.1. The van der Waals surface area contributed by atoms with Crippen LogP contribution < -0.4 is 5.32 Å². The van der Waals surface area contributed by atoms with Crippen molar-refractivity contribution in [3.63, 3.8) is 0 Å². The van der Waals surface area contributed by atoms with Crippen molar-refractivity contribution in [2.24, 2.45) is 0 Å². The first-order chi connectivity index (χ1) is 6.15. The maximum absolute atomic E-state index is 12.9. The van der Waals surface area contributed by atoms with Crippen molar-refractivity contribution in [3.8, 4) is 0 Å². The summed E-state index contributed by atoms with van der Waals surface area (Å²) in [7, 11) is 1.63. The van der Waals surface area contributed by atoms with Gasteiger partial charge in [-0.3, -0.25) is 0 Å². The van der Waals surface area contributed by atoms with Crippen LogP contribution in [0.4, 0.5) is 13.2 Å². The number of halogens is 3. The summed E-state index contributed by atoms with van der Waals surface area (Å²) >= 11 is 0. The van der Waals surface area contributed by atoms with E-state index in [-0.39, 0.29) is 17.7 Å². The lowest BCUT2D eigenvalue weighted by molar-refractivity contribution is 0.151. The van der Waals surface area contributed by atoms with Gasteiger partial charge < -0.3 is 5.32 Å². The zero-order valence-corrected chi connectivity index (χ0v) is 7.15. The largest absolute Gasteiger partial charge is 0.316 e. The molecule has 0 amide bonds. The van der Waals surface area contributed by atoms with Gasteiger partial charge in [0, 0.05) is 17.7 Å². The third kappa shape index (κ3) is 2.45. The molecule has 1 nitrogen and oxygen atoms in total. The Morgan fingerprint density at radius 1 is 1.38 bits per heavy atom. The van der Waals surface area contributed by atoms with E-state index >= 15 is 0 Å². The number of alkyl halides is 2. The highest BCUT2D eigenvalue weighted by atomic mass is 19.3. The molecule has 1 N–H and O–H groups in total. The van der Waals surface area contributed by atoms with Crippen LogP contribution in [0.15, 0.2) is 18.2 Å². The minimum atomic E-state index is -2.55. The van der Waals surface area contributed by atoms with Crippen molar-refractivity contribution in [1.29, 1.82) is 0 Å². The van der Waals surface area contributed by atoms with Gasteiger partial charge in [-0.1, -0.05) is 6.07 Å². The van der Waals surface area contributed by atoms with E-state index in [4.69, 9.17) is 0 Å². The van der Waals surface area contributed by atoms with Crippen molar-refractivity contribution in [2.75, 3.05) is 7.05 Å². The van der Waals surface area contributed by atoms with Crippen LogP contribution in [0.3, 0.4) is 0 Å². The number of hydrogen-bond acceptors (Lipinski definition) is 1. The van der Waals surface area contributed by atoms with Gasteiger partial charge in [-0.05, 0) is 19.2 Å². The van der Waals surface area contributed by atoms with Crippen LogP contribution in [0.2, 0.25) is 0 Å². The molecule has 1 aromatic carbocycles. The Morgan fingerprint density at radius 2 is 2.08 bits per heavy atom. The van der Waals surface area contributed by atoms with E-state index in [1.165, 1.54) is 6.07 Å². The smallest absolute Gasteiger partial charge is 0.263 e. The fourth-order valence-corrected chi connectivity index (χ4v) is 1.06. The molecule has 0 aliphatic rings. The van der Waals surface area contributed by atoms with Gasteiger partial charge in [-0.25, -0.2) is 13.2 Å². The molecule has 0 radical (unpaired) electrons. The summed E-state index contributed by atoms with van der Waals surface area (Å²) in [6.45, 7) is 0.256. The lowest BCUT2D eigenvalue weighted by Gasteiger charge is -2.05. The number of hydrogen-bond donors (Lipinski definition) is 1. The van der Waals surface area contributed by atoms with Crippen LogP contribution in [0.25, 0.3) is 0 Å². The van der Waals surface area contributed by atoms with E-state index in [2.05, 4.69) is 5.32 Å². The van der Waals surface area contributed by atoms with Gasteiger partial charge in [0.25, 0.3) is 6.43 Å². The highest BCUT2D eigenvalue weighted by molar-refractivity contribution is 5.25. The second-order valence-electron chi connectivity index (χ2n) is 2.68. The molecule has 1 rings (SSSR count). The monoisotopic (exact) mass is 189 g/mol. The summed E-state index contributed by atoms with van der Waals surface area (Å²) in [5.74, 6) is -0.459. The predicted octanol–water partition coefficient (Wildman–Crippen LogP) is 2.48. The number of benzene rings is 1. The van der Waals surface area contributed by atoms with Crippen LogP contribution in [-0.2, 0) is 6.54 Å². The molecule has 0 aromatic heterocycles. The summed E-state index contributed by atoms with van der Waals surface area (Å²) in [6.07, 6.45) is -2.55. The van der Waals surface area contributed by atoms with Gasteiger partial charge in [-0.15, -0.1) is 0 Å². The van der Waals surface area contributed by atoms with Crippen molar-refractivity contribution in [2.45, 2.75) is 13.0 Å². The first-order valence-corrected chi connectivity index (χ1v) is 3.86. The lowest BCUT2D eigenvalue weighted by atomic mass is 10.1. The Morgan fingerprint density at radius 3 is 2.62 bits per heavy atom. The van der Waals surface area contributed by atoms with Crippen molar-refractivity contribution in [3.05, 3.63) is 35.1 Å². The quantitative estimate of drug-likeness (QED) is 0.770. The van der Waals surface area contributed by atoms with Crippen LogP contribution in [0.5, 0.6) is 0 Å². The molecule has 0 saturated heterocycles. The molecule has 0 heterocycles. The Bertz CT molecular complexity index is 286. The molecule has 0 bridgehead atoms. The molecule has 0 saturated carbocycles. The van der Waals surface area contributed by atoms with Gasteiger partial charge in [-0.2, -0.15) is 0 Å². The highest BCUT2D eigenvalue weighted by Crippen LogP contribution is 2.21. The molecular formula is C9H10F3N. The van der Waals surface area contributed by atoms with E-state index in [1.54, 1.807) is 7.05 Å². The highest BCUT2D eigenvalue weighted by Gasteiger charge is 2.09. The topological polar surface area (TPSA) is 12.0 Å². The minimum Gasteiger partial charge on any atom is -0.316 e. The fourth-order valence-electron chi connectivity index (χ4n) is 1.06. The normalized spacial score (nSPS) is 10.8. The zero-order valence-electron chi connectivity index (χ0n) is 7.15. The molecule has 0 unspecified atom stereocenters. The van der Waals surface area contributed by atoms with E-state index in [9.17, 15) is 13.2 Å². The molecular weight excluding hydrogens is 179 g/mol. The molecule has 4 heteroatoms. The third-order valence-electron chi connectivity index (χ3n) is 1.69. The third-order valence-corrected chi connectivity index (χ3v) is 1.69. The number of nitrogens with one attached hydrogen (secondary N) is 1. The van der Waals surface area contributed by atoms with Crippen molar-refractivity contribution in [1.82, 2.24) is 5.32 Å². The van der Waals surface area contributed by atoms with Gasteiger partial charge in [0.1, 0.15) is 5.82 Å². The standard InChI is InChI=1S/C9H10F3N/c1-13-5-7-4-6(9(11)12)2-3-8(7)10/h2-4,9,13H,5H2,1H3.